The number of carboxylic acids is 1. The van der Waals surface area contributed by atoms with Crippen LogP contribution in [0.5, 0.6) is 0 Å². The molecule has 0 radical (unpaired) electrons. The fraction of sp³-hybridized carbons (Fsp3) is 0.600. The molecule has 1 unspecified atom stereocenters. The number of nitrogens with two attached hydrogens (primary N) is 1. The van der Waals surface area contributed by atoms with Crippen LogP contribution in [0.2, 0.25) is 0 Å². The number of rotatable bonds is 8. The van der Waals surface area contributed by atoms with E-state index >= 15 is 0 Å². The van der Waals surface area contributed by atoms with Gasteiger partial charge in [-0.2, -0.15) is 0 Å². The van der Waals surface area contributed by atoms with Crippen molar-refractivity contribution in [3.63, 3.8) is 0 Å². The van der Waals surface area contributed by atoms with Crippen LogP contribution in [0.15, 0.2) is 41.1 Å². The first-order valence-corrected chi connectivity index (χ1v) is 17.9. The number of carbonyl (C=O) groups is 4. The number of hydrogen-bond acceptors (Lipinski definition) is 6. The molecule has 0 bridgehead atoms. The Balaban J connectivity index is 1.39. The molecule has 1 aromatic rings. The van der Waals surface area contributed by atoms with Crippen molar-refractivity contribution < 1.29 is 24.3 Å². The predicted molar refractivity (Wildman–Crippen MR) is 191 cm³/mol. The van der Waals surface area contributed by atoms with Crippen LogP contribution in [0.3, 0.4) is 0 Å². The summed E-state index contributed by atoms with van der Waals surface area (Å²) in [6.45, 7) is 10.7. The molecule has 4 aliphatic rings. The van der Waals surface area contributed by atoms with E-state index in [9.17, 15) is 24.3 Å². The molecule has 0 spiro atoms. The highest BCUT2D eigenvalue weighted by molar-refractivity contribution is 6.01. The zero-order valence-electron chi connectivity index (χ0n) is 30.1. The number of terminal acetylenes is 1. The van der Waals surface area contributed by atoms with Gasteiger partial charge in [0.25, 0.3) is 0 Å². The molecule has 264 valence electrons. The van der Waals surface area contributed by atoms with Crippen LogP contribution in [0, 0.1) is 40.4 Å². The topological polar surface area (TPSA) is 151 Å². The molecule has 9 heteroatoms. The number of likely N-dealkylation sites (N-methyl/N-ethyl adjacent to an activating group) is 1. The molecule has 2 saturated carbocycles. The van der Waals surface area contributed by atoms with Crippen molar-refractivity contribution >= 4 is 29.4 Å². The number of hydrogen-bond donors (Lipinski definition) is 5. The Morgan fingerprint density at radius 3 is 2.16 bits per heavy atom. The lowest BCUT2D eigenvalue weighted by Crippen LogP contribution is -2.59. The normalized spacial score (nSPS) is 33.2. The molecular formula is C40H54N4O5. The molecule has 6 N–H and O–H groups in total. The number of carboxylic acid groups (broad SMARTS) is 1. The molecule has 49 heavy (non-hydrogen) atoms. The maximum Gasteiger partial charge on any atom is 0.305 e. The standard InChI is InChI=1S/C40H54N4O5/c1-8-26(41)21-28-24(2)11-15-31-37(28,3)17-9-19-39(31,5)35(48)44-36(49)40(6)20-10-18-38(4)29-22-27(14-12-25(29)13-16-32(38)40)43-34(47)30(42-7)23-33(45)46/h1,12,14,21-22,30-32,42H,9-11,13,15-20,23,41H2,2-7H3,(H,43,47)(H,45,46)(H,44,48,49)/b26-21+/t30-,31+,32?,37+,38+,39-,40-/m0/s1. The molecule has 0 saturated heterocycles. The summed E-state index contributed by atoms with van der Waals surface area (Å²) in [5.41, 5.74) is 9.71. The lowest BCUT2D eigenvalue weighted by molar-refractivity contribution is -0.151. The third kappa shape index (κ3) is 6.33. The molecule has 4 aliphatic carbocycles. The SMILES string of the molecule is C#C/C(N)=C\C1=C(C)CC[C@H]2[C@@](C)(C(=O)NC(=O)[C@@]3(C)CCC[C@]4(C)c5cc(NC(=O)[C@H](CC(=O)O)NC)ccc5CCC34)CCC[C@]12C. The van der Waals surface area contributed by atoms with E-state index < -0.39 is 28.7 Å². The number of allylic oxidation sites excluding steroid dienone is 4. The van der Waals surface area contributed by atoms with Gasteiger partial charge in [0.1, 0.15) is 0 Å². The predicted octanol–water partition coefficient (Wildman–Crippen LogP) is 5.74. The maximum absolute atomic E-state index is 14.5. The van der Waals surface area contributed by atoms with Crippen LogP contribution in [-0.2, 0) is 31.0 Å². The zero-order chi connectivity index (χ0) is 35.9. The first kappa shape index (κ1) is 36.4. The summed E-state index contributed by atoms with van der Waals surface area (Å²) >= 11 is 0. The Morgan fingerprint density at radius 1 is 0.980 bits per heavy atom. The first-order valence-electron chi connectivity index (χ1n) is 17.9. The fourth-order valence-electron chi connectivity index (χ4n) is 10.5. The number of aliphatic carboxylic acids is 1. The van der Waals surface area contributed by atoms with E-state index in [4.69, 9.17) is 12.2 Å². The summed E-state index contributed by atoms with van der Waals surface area (Å²) in [6.07, 6.45) is 15.5. The highest BCUT2D eigenvalue weighted by atomic mass is 16.4. The quantitative estimate of drug-likeness (QED) is 0.175. The van der Waals surface area contributed by atoms with E-state index in [0.29, 0.717) is 24.2 Å². The highest BCUT2D eigenvalue weighted by Crippen LogP contribution is 2.61. The van der Waals surface area contributed by atoms with Gasteiger partial charge in [-0.25, -0.2) is 0 Å². The van der Waals surface area contributed by atoms with Crippen LogP contribution >= 0.6 is 0 Å². The van der Waals surface area contributed by atoms with Crippen LogP contribution in [0.1, 0.15) is 110 Å². The van der Waals surface area contributed by atoms with E-state index in [0.717, 1.165) is 62.5 Å². The number of nitrogens with one attached hydrogen (secondary N) is 3. The Labute approximate surface area is 291 Å². The van der Waals surface area contributed by atoms with Crippen molar-refractivity contribution in [3.8, 4) is 12.3 Å². The van der Waals surface area contributed by atoms with Gasteiger partial charge < -0.3 is 21.5 Å². The van der Waals surface area contributed by atoms with E-state index in [1.807, 2.05) is 38.1 Å². The second kappa shape index (κ2) is 13.4. The number of fused-ring (bicyclic) bond motifs is 4. The van der Waals surface area contributed by atoms with Crippen LogP contribution < -0.4 is 21.7 Å². The summed E-state index contributed by atoms with van der Waals surface area (Å²) < 4.78 is 0. The second-order valence-corrected chi connectivity index (χ2v) is 16.1. The summed E-state index contributed by atoms with van der Waals surface area (Å²) in [6, 6.07) is 5.04. The van der Waals surface area contributed by atoms with Gasteiger partial charge in [0.05, 0.1) is 29.0 Å². The lowest BCUT2D eigenvalue weighted by Gasteiger charge is -2.56. The van der Waals surface area contributed by atoms with Gasteiger partial charge in [-0.3, -0.25) is 24.5 Å². The molecule has 2 fully saturated rings. The Bertz CT molecular complexity index is 1660. The smallest absolute Gasteiger partial charge is 0.305 e. The summed E-state index contributed by atoms with van der Waals surface area (Å²) in [7, 11) is 1.57. The van der Waals surface area contributed by atoms with Crippen molar-refractivity contribution in [2.75, 3.05) is 12.4 Å². The fourth-order valence-corrected chi connectivity index (χ4v) is 10.5. The average Bonchev–Trinajstić information content (AvgIpc) is 3.05. The number of aryl methyl sites for hydroxylation is 1. The summed E-state index contributed by atoms with van der Waals surface area (Å²) in [5, 5.41) is 17.9. The minimum atomic E-state index is -1.06. The number of amides is 3. The second-order valence-electron chi connectivity index (χ2n) is 16.1. The number of benzene rings is 1. The first-order chi connectivity index (χ1) is 23.0. The molecule has 7 atom stereocenters. The molecule has 1 aromatic carbocycles. The monoisotopic (exact) mass is 670 g/mol. The lowest BCUT2D eigenvalue weighted by atomic mass is 9.49. The van der Waals surface area contributed by atoms with Gasteiger partial charge in [-0.1, -0.05) is 58.1 Å². The van der Waals surface area contributed by atoms with Crippen molar-refractivity contribution in [1.82, 2.24) is 10.6 Å². The van der Waals surface area contributed by atoms with Crippen LogP contribution in [0.4, 0.5) is 5.69 Å². The van der Waals surface area contributed by atoms with E-state index in [2.05, 4.69) is 42.6 Å². The van der Waals surface area contributed by atoms with Gasteiger partial charge in [-0.15, -0.1) is 6.42 Å². The van der Waals surface area contributed by atoms with Gasteiger partial charge in [0.2, 0.25) is 17.7 Å². The molecule has 5 rings (SSSR count). The van der Waals surface area contributed by atoms with Crippen molar-refractivity contribution in [2.24, 2.45) is 33.8 Å². The van der Waals surface area contributed by atoms with Gasteiger partial charge in [-0.05, 0) is 123 Å². The van der Waals surface area contributed by atoms with Crippen LogP contribution in [-0.4, -0.2) is 41.9 Å². The van der Waals surface area contributed by atoms with Crippen molar-refractivity contribution in [3.05, 3.63) is 52.2 Å². The Hall–Kier alpha value is -3.90. The minimum Gasteiger partial charge on any atom is -0.481 e. The van der Waals surface area contributed by atoms with E-state index in [1.54, 1.807) is 7.05 Å². The van der Waals surface area contributed by atoms with Crippen molar-refractivity contribution in [1.29, 1.82) is 0 Å². The molecule has 9 nitrogen and oxygen atoms in total. The molecular weight excluding hydrogens is 616 g/mol. The summed E-state index contributed by atoms with van der Waals surface area (Å²) in [5.74, 6) is 0.738. The van der Waals surface area contributed by atoms with Crippen molar-refractivity contribution in [2.45, 2.75) is 117 Å². The molecule has 0 aliphatic heterocycles. The Morgan fingerprint density at radius 2 is 1.57 bits per heavy atom. The van der Waals surface area contributed by atoms with E-state index in [-0.39, 0.29) is 40.9 Å². The maximum atomic E-state index is 14.5. The Kier molecular flexibility index (Phi) is 9.97. The van der Waals surface area contributed by atoms with Crippen LogP contribution in [0.25, 0.3) is 0 Å². The van der Waals surface area contributed by atoms with E-state index in [1.165, 1.54) is 11.1 Å². The average molecular weight is 671 g/mol. The molecule has 3 amide bonds. The molecule has 0 aromatic heterocycles. The number of imide groups is 1. The highest BCUT2D eigenvalue weighted by Gasteiger charge is 2.58. The number of carbonyl (C=O) groups excluding carboxylic acids is 3. The minimum absolute atomic E-state index is 0.00904. The molecule has 0 heterocycles. The summed E-state index contributed by atoms with van der Waals surface area (Å²) in [4.78, 5) is 53.1. The van der Waals surface area contributed by atoms with Gasteiger partial charge in [0, 0.05) is 5.69 Å². The van der Waals surface area contributed by atoms with Gasteiger partial charge >= 0.3 is 5.97 Å². The third-order valence-electron chi connectivity index (χ3n) is 13.2. The third-order valence-corrected chi connectivity index (χ3v) is 13.2. The largest absolute Gasteiger partial charge is 0.481 e. The zero-order valence-corrected chi connectivity index (χ0v) is 30.1. The van der Waals surface area contributed by atoms with Gasteiger partial charge in [0.15, 0.2) is 0 Å². The number of anilines is 1.